The third-order valence-corrected chi connectivity index (χ3v) is 5.07. The van der Waals surface area contributed by atoms with Gasteiger partial charge in [-0.2, -0.15) is 0 Å². The fourth-order valence-corrected chi connectivity index (χ4v) is 3.38. The Hall–Kier alpha value is -3.48. The Bertz CT molecular complexity index is 920. The van der Waals surface area contributed by atoms with Crippen LogP contribution in [0.25, 0.3) is 6.08 Å². The highest BCUT2D eigenvalue weighted by Crippen LogP contribution is 2.38. The van der Waals surface area contributed by atoms with E-state index in [1.54, 1.807) is 42.5 Å². The number of rotatable bonds is 9. The van der Waals surface area contributed by atoms with Gasteiger partial charge in [-0.05, 0) is 60.9 Å². The average Bonchev–Trinajstić information content (AvgIpc) is 3.35. The summed E-state index contributed by atoms with van der Waals surface area (Å²) >= 11 is 0. The molecular weight excluding hydrogens is 398 g/mol. The maximum atomic E-state index is 12.5. The van der Waals surface area contributed by atoms with Gasteiger partial charge in [0.1, 0.15) is 5.75 Å². The lowest BCUT2D eigenvalue weighted by Gasteiger charge is -2.15. The number of amides is 1. The molecule has 1 aliphatic heterocycles. The number of ketones is 1. The number of allylic oxidation sites excluding steroid dienone is 1. The molecule has 0 aromatic heterocycles. The van der Waals surface area contributed by atoms with E-state index in [0.717, 1.165) is 31.5 Å². The van der Waals surface area contributed by atoms with Gasteiger partial charge in [0.05, 0.1) is 21.3 Å². The lowest BCUT2D eigenvalue weighted by atomic mass is 10.1. The van der Waals surface area contributed by atoms with Crippen LogP contribution in [0.1, 0.15) is 28.8 Å². The second kappa shape index (κ2) is 10.5. The number of methoxy groups -OCH3 is 3. The zero-order valence-electron chi connectivity index (χ0n) is 18.1. The van der Waals surface area contributed by atoms with Crippen molar-refractivity contribution >= 4 is 17.8 Å². The summed E-state index contributed by atoms with van der Waals surface area (Å²) < 4.78 is 21.5. The van der Waals surface area contributed by atoms with Gasteiger partial charge in [-0.15, -0.1) is 0 Å². The molecule has 1 saturated heterocycles. The first kappa shape index (κ1) is 22.2. The molecule has 0 aliphatic carbocycles. The van der Waals surface area contributed by atoms with Crippen LogP contribution in [0, 0.1) is 0 Å². The molecule has 2 aromatic rings. The van der Waals surface area contributed by atoms with Crippen LogP contribution >= 0.6 is 0 Å². The van der Waals surface area contributed by atoms with Crippen molar-refractivity contribution in [2.45, 2.75) is 12.8 Å². The first-order valence-corrected chi connectivity index (χ1v) is 10.1. The van der Waals surface area contributed by atoms with Gasteiger partial charge in [0.2, 0.25) is 5.75 Å². The highest BCUT2D eigenvalue weighted by atomic mass is 16.5. The zero-order chi connectivity index (χ0) is 22.2. The van der Waals surface area contributed by atoms with Crippen molar-refractivity contribution in [3.8, 4) is 23.0 Å². The van der Waals surface area contributed by atoms with Gasteiger partial charge in [0.15, 0.2) is 23.9 Å². The molecule has 0 spiro atoms. The van der Waals surface area contributed by atoms with Gasteiger partial charge >= 0.3 is 0 Å². The van der Waals surface area contributed by atoms with E-state index in [4.69, 9.17) is 18.9 Å². The molecule has 0 unspecified atom stereocenters. The Kier molecular flexibility index (Phi) is 7.54. The second-order valence-electron chi connectivity index (χ2n) is 7.06. The van der Waals surface area contributed by atoms with Crippen LogP contribution in [0.15, 0.2) is 42.5 Å². The minimum Gasteiger partial charge on any atom is -0.493 e. The van der Waals surface area contributed by atoms with Crippen molar-refractivity contribution in [3.63, 3.8) is 0 Å². The molecule has 31 heavy (non-hydrogen) atoms. The highest BCUT2D eigenvalue weighted by molar-refractivity contribution is 6.06. The second-order valence-corrected chi connectivity index (χ2v) is 7.06. The zero-order valence-corrected chi connectivity index (χ0v) is 18.1. The van der Waals surface area contributed by atoms with E-state index < -0.39 is 0 Å². The van der Waals surface area contributed by atoms with E-state index in [9.17, 15) is 9.59 Å². The Balaban J connectivity index is 1.62. The van der Waals surface area contributed by atoms with E-state index in [-0.39, 0.29) is 18.3 Å². The van der Waals surface area contributed by atoms with Crippen LogP contribution in [0.5, 0.6) is 23.0 Å². The molecule has 7 heteroatoms. The Morgan fingerprint density at radius 2 is 1.55 bits per heavy atom. The van der Waals surface area contributed by atoms with Gasteiger partial charge in [-0.3, -0.25) is 9.59 Å². The van der Waals surface area contributed by atoms with Crippen LogP contribution in [-0.4, -0.2) is 57.6 Å². The molecule has 0 saturated carbocycles. The lowest BCUT2D eigenvalue weighted by Crippen LogP contribution is -2.32. The SMILES string of the molecule is COc1cc(/C=C/C(=O)c2ccc(OCC(=O)N3CCCC3)cc2)cc(OC)c1OC. The van der Waals surface area contributed by atoms with Crippen LogP contribution in [0.4, 0.5) is 0 Å². The van der Waals surface area contributed by atoms with Crippen molar-refractivity contribution in [2.24, 2.45) is 0 Å². The summed E-state index contributed by atoms with van der Waals surface area (Å²) in [7, 11) is 4.62. The number of nitrogens with zero attached hydrogens (tertiary/aromatic N) is 1. The number of likely N-dealkylation sites (tertiary alicyclic amines) is 1. The monoisotopic (exact) mass is 425 g/mol. The molecule has 2 aromatic carbocycles. The Morgan fingerprint density at radius 3 is 2.10 bits per heavy atom. The quantitative estimate of drug-likeness (QED) is 0.451. The fraction of sp³-hybridized carbons (Fsp3) is 0.333. The van der Waals surface area contributed by atoms with Crippen molar-refractivity contribution in [1.82, 2.24) is 4.90 Å². The molecule has 164 valence electrons. The third kappa shape index (κ3) is 5.57. The van der Waals surface area contributed by atoms with Gasteiger partial charge in [0, 0.05) is 18.7 Å². The first-order chi connectivity index (χ1) is 15.0. The van der Waals surface area contributed by atoms with E-state index in [1.165, 1.54) is 27.4 Å². The largest absolute Gasteiger partial charge is 0.493 e. The molecule has 1 fully saturated rings. The lowest BCUT2D eigenvalue weighted by molar-refractivity contribution is -0.132. The fourth-order valence-electron chi connectivity index (χ4n) is 3.38. The van der Waals surface area contributed by atoms with Gasteiger partial charge < -0.3 is 23.8 Å². The Labute approximate surface area is 182 Å². The standard InChI is InChI=1S/C24H27NO6/c1-28-21-14-17(15-22(29-2)24(21)30-3)6-11-20(26)18-7-9-19(10-8-18)31-16-23(27)25-12-4-5-13-25/h6-11,14-15H,4-5,12-13,16H2,1-3H3/b11-6+. The summed E-state index contributed by atoms with van der Waals surface area (Å²) in [6, 6.07) is 10.3. The van der Waals surface area contributed by atoms with Gasteiger partial charge in [-0.1, -0.05) is 6.08 Å². The summed E-state index contributed by atoms with van der Waals surface area (Å²) in [5, 5.41) is 0. The smallest absolute Gasteiger partial charge is 0.260 e. The van der Waals surface area contributed by atoms with Crippen molar-refractivity contribution < 1.29 is 28.5 Å². The predicted molar refractivity (Wildman–Crippen MR) is 117 cm³/mol. The van der Waals surface area contributed by atoms with E-state index >= 15 is 0 Å². The van der Waals surface area contributed by atoms with Crippen molar-refractivity contribution in [3.05, 3.63) is 53.6 Å². The number of benzene rings is 2. The molecular formula is C24H27NO6. The molecule has 0 bridgehead atoms. The summed E-state index contributed by atoms with van der Waals surface area (Å²) in [4.78, 5) is 26.4. The summed E-state index contributed by atoms with van der Waals surface area (Å²) in [5.74, 6) is 1.90. The van der Waals surface area contributed by atoms with Crippen LogP contribution in [0.2, 0.25) is 0 Å². The summed E-state index contributed by atoms with van der Waals surface area (Å²) in [6.07, 6.45) is 5.26. The molecule has 0 radical (unpaired) electrons. The maximum absolute atomic E-state index is 12.5. The number of hydrogen-bond acceptors (Lipinski definition) is 6. The minimum atomic E-state index is -0.159. The molecule has 7 nitrogen and oxygen atoms in total. The predicted octanol–water partition coefficient (Wildman–Crippen LogP) is 3.61. The third-order valence-electron chi connectivity index (χ3n) is 5.07. The van der Waals surface area contributed by atoms with Crippen molar-refractivity contribution in [2.75, 3.05) is 41.0 Å². The van der Waals surface area contributed by atoms with E-state index in [0.29, 0.717) is 28.6 Å². The number of carbonyl (C=O) groups excluding carboxylic acids is 2. The molecule has 1 aliphatic rings. The van der Waals surface area contributed by atoms with Crippen LogP contribution < -0.4 is 18.9 Å². The van der Waals surface area contributed by atoms with Crippen LogP contribution in [-0.2, 0) is 4.79 Å². The molecule has 1 amide bonds. The van der Waals surface area contributed by atoms with Crippen molar-refractivity contribution in [1.29, 1.82) is 0 Å². The number of ether oxygens (including phenoxy) is 4. The van der Waals surface area contributed by atoms with Crippen LogP contribution in [0.3, 0.4) is 0 Å². The van der Waals surface area contributed by atoms with E-state index in [2.05, 4.69) is 0 Å². The van der Waals surface area contributed by atoms with E-state index in [1.807, 2.05) is 4.90 Å². The maximum Gasteiger partial charge on any atom is 0.260 e. The topological polar surface area (TPSA) is 74.3 Å². The minimum absolute atomic E-state index is 0.00827. The highest BCUT2D eigenvalue weighted by Gasteiger charge is 2.18. The number of hydrogen-bond donors (Lipinski definition) is 0. The summed E-state index contributed by atoms with van der Waals surface area (Å²) in [6.45, 7) is 1.61. The Morgan fingerprint density at radius 1 is 0.935 bits per heavy atom. The molecule has 0 atom stereocenters. The first-order valence-electron chi connectivity index (χ1n) is 10.1. The average molecular weight is 425 g/mol. The van der Waals surface area contributed by atoms with Gasteiger partial charge in [-0.25, -0.2) is 0 Å². The molecule has 0 N–H and O–H groups in total. The number of carbonyl (C=O) groups is 2. The normalized spacial score (nSPS) is 13.3. The molecule has 3 rings (SSSR count). The molecule has 1 heterocycles. The van der Waals surface area contributed by atoms with Gasteiger partial charge in [0.25, 0.3) is 5.91 Å². The summed E-state index contributed by atoms with van der Waals surface area (Å²) in [5.41, 5.74) is 1.25.